The third-order valence-electron chi connectivity index (χ3n) is 4.51. The summed E-state index contributed by atoms with van der Waals surface area (Å²) in [6.45, 7) is 6.64. The first kappa shape index (κ1) is 14.5. The normalized spacial score (nSPS) is 23.7. The second-order valence-electron chi connectivity index (χ2n) is 5.94. The molecule has 0 saturated heterocycles. The van der Waals surface area contributed by atoms with Crippen LogP contribution in [0.4, 0.5) is 0 Å². The number of rotatable bonds is 6. The highest BCUT2D eigenvalue weighted by Crippen LogP contribution is 2.28. The van der Waals surface area contributed by atoms with Crippen molar-refractivity contribution in [2.24, 2.45) is 17.6 Å². The maximum atomic E-state index is 5.77. The first-order valence-corrected chi connectivity index (χ1v) is 7.78. The Labute approximate surface area is 118 Å². The van der Waals surface area contributed by atoms with E-state index in [9.17, 15) is 0 Å². The molecule has 0 amide bonds. The Kier molecular flexibility index (Phi) is 5.87. The molecule has 1 aliphatic carbocycles. The summed E-state index contributed by atoms with van der Waals surface area (Å²) < 4.78 is 0. The fourth-order valence-electron chi connectivity index (χ4n) is 3.16. The fraction of sp³-hybridized carbons (Fsp3) is 0.647. The molecule has 0 aromatic heterocycles. The zero-order chi connectivity index (χ0) is 13.5. The Morgan fingerprint density at radius 1 is 1.05 bits per heavy atom. The molecule has 1 saturated carbocycles. The van der Waals surface area contributed by atoms with Crippen molar-refractivity contribution in [1.82, 2.24) is 4.90 Å². The molecule has 0 heterocycles. The van der Waals surface area contributed by atoms with Crippen LogP contribution in [0.2, 0.25) is 0 Å². The summed E-state index contributed by atoms with van der Waals surface area (Å²) in [5.74, 6) is 1.67. The molecule has 0 spiro atoms. The third kappa shape index (κ3) is 4.63. The summed E-state index contributed by atoms with van der Waals surface area (Å²) in [6, 6.07) is 10.8. The van der Waals surface area contributed by atoms with Gasteiger partial charge < -0.3 is 5.73 Å². The van der Waals surface area contributed by atoms with Crippen molar-refractivity contribution in [2.75, 3.05) is 19.6 Å². The average molecular weight is 260 g/mol. The molecule has 0 bridgehead atoms. The van der Waals surface area contributed by atoms with Gasteiger partial charge in [0.05, 0.1) is 0 Å². The molecule has 1 aromatic rings. The van der Waals surface area contributed by atoms with Crippen molar-refractivity contribution < 1.29 is 0 Å². The molecular weight excluding hydrogens is 232 g/mol. The lowest BCUT2D eigenvalue weighted by atomic mass is 9.82. The molecule has 0 radical (unpaired) electrons. The Bertz CT molecular complexity index is 342. The first-order chi connectivity index (χ1) is 9.31. The highest BCUT2D eigenvalue weighted by atomic mass is 15.1. The van der Waals surface area contributed by atoms with Gasteiger partial charge in [-0.25, -0.2) is 0 Å². The van der Waals surface area contributed by atoms with Gasteiger partial charge in [0.15, 0.2) is 0 Å². The summed E-state index contributed by atoms with van der Waals surface area (Å²) in [4.78, 5) is 2.59. The minimum absolute atomic E-state index is 0.792. The topological polar surface area (TPSA) is 29.3 Å². The van der Waals surface area contributed by atoms with Crippen molar-refractivity contribution in [3.8, 4) is 0 Å². The molecule has 2 N–H and O–H groups in total. The maximum absolute atomic E-state index is 5.77. The van der Waals surface area contributed by atoms with Gasteiger partial charge in [-0.15, -0.1) is 0 Å². The minimum Gasteiger partial charge on any atom is -0.330 e. The quantitative estimate of drug-likeness (QED) is 0.850. The van der Waals surface area contributed by atoms with Crippen LogP contribution in [0.25, 0.3) is 0 Å². The van der Waals surface area contributed by atoms with E-state index in [-0.39, 0.29) is 0 Å². The highest BCUT2D eigenvalue weighted by molar-refractivity contribution is 5.14. The molecule has 19 heavy (non-hydrogen) atoms. The minimum atomic E-state index is 0.792. The highest BCUT2D eigenvalue weighted by Gasteiger charge is 2.21. The zero-order valence-corrected chi connectivity index (χ0v) is 12.2. The second kappa shape index (κ2) is 7.66. The lowest BCUT2D eigenvalue weighted by Gasteiger charge is -2.32. The third-order valence-corrected chi connectivity index (χ3v) is 4.51. The smallest absolute Gasteiger partial charge is 0.0233 e. The van der Waals surface area contributed by atoms with Gasteiger partial charge in [0.25, 0.3) is 0 Å². The Morgan fingerprint density at radius 3 is 2.26 bits per heavy atom. The van der Waals surface area contributed by atoms with Gasteiger partial charge in [-0.2, -0.15) is 0 Å². The van der Waals surface area contributed by atoms with Crippen LogP contribution in [0.5, 0.6) is 0 Å². The fourth-order valence-corrected chi connectivity index (χ4v) is 3.16. The van der Waals surface area contributed by atoms with Crippen molar-refractivity contribution in [3.05, 3.63) is 35.9 Å². The molecule has 2 nitrogen and oxygen atoms in total. The van der Waals surface area contributed by atoms with Crippen LogP contribution in [0.1, 0.15) is 38.2 Å². The van der Waals surface area contributed by atoms with Crippen LogP contribution in [0.15, 0.2) is 30.3 Å². The Balaban J connectivity index is 1.79. The van der Waals surface area contributed by atoms with Crippen LogP contribution in [0.3, 0.4) is 0 Å². The SMILES string of the molecule is CCN(Cc1ccccc1)CC1CCC(CN)CC1. The van der Waals surface area contributed by atoms with Gasteiger partial charge in [-0.05, 0) is 56.2 Å². The van der Waals surface area contributed by atoms with E-state index in [1.54, 1.807) is 0 Å². The molecule has 0 aliphatic heterocycles. The molecule has 1 aliphatic rings. The number of hydrogen-bond donors (Lipinski definition) is 1. The molecule has 1 aromatic carbocycles. The second-order valence-corrected chi connectivity index (χ2v) is 5.94. The van der Waals surface area contributed by atoms with E-state index in [4.69, 9.17) is 5.73 Å². The van der Waals surface area contributed by atoms with Gasteiger partial charge in [0.2, 0.25) is 0 Å². The number of nitrogens with zero attached hydrogens (tertiary/aromatic N) is 1. The predicted octanol–water partition coefficient (Wildman–Crippen LogP) is 3.27. The van der Waals surface area contributed by atoms with Crippen molar-refractivity contribution >= 4 is 0 Å². The van der Waals surface area contributed by atoms with E-state index in [1.807, 2.05) is 0 Å². The monoisotopic (exact) mass is 260 g/mol. The largest absolute Gasteiger partial charge is 0.330 e. The van der Waals surface area contributed by atoms with Gasteiger partial charge >= 0.3 is 0 Å². The number of hydrogen-bond acceptors (Lipinski definition) is 2. The van der Waals surface area contributed by atoms with E-state index >= 15 is 0 Å². The Morgan fingerprint density at radius 2 is 1.68 bits per heavy atom. The van der Waals surface area contributed by atoms with Crippen LogP contribution in [-0.2, 0) is 6.54 Å². The summed E-state index contributed by atoms with van der Waals surface area (Å²) in [5.41, 5.74) is 7.20. The van der Waals surface area contributed by atoms with Gasteiger partial charge in [0, 0.05) is 13.1 Å². The van der Waals surface area contributed by atoms with E-state index in [2.05, 4.69) is 42.2 Å². The van der Waals surface area contributed by atoms with E-state index in [0.717, 1.165) is 31.5 Å². The molecule has 0 atom stereocenters. The van der Waals surface area contributed by atoms with Crippen LogP contribution in [-0.4, -0.2) is 24.5 Å². The summed E-state index contributed by atoms with van der Waals surface area (Å²) in [6.07, 6.45) is 5.41. The molecule has 2 heteroatoms. The zero-order valence-electron chi connectivity index (χ0n) is 12.2. The average Bonchev–Trinajstić information content (AvgIpc) is 2.48. The first-order valence-electron chi connectivity index (χ1n) is 7.78. The van der Waals surface area contributed by atoms with Crippen LogP contribution in [0, 0.1) is 11.8 Å². The molecule has 1 fully saturated rings. The van der Waals surface area contributed by atoms with Gasteiger partial charge in [-0.3, -0.25) is 4.90 Å². The molecule has 2 rings (SSSR count). The number of nitrogens with two attached hydrogens (primary N) is 1. The van der Waals surface area contributed by atoms with Crippen molar-refractivity contribution in [2.45, 2.75) is 39.2 Å². The van der Waals surface area contributed by atoms with E-state index in [1.165, 1.54) is 37.8 Å². The van der Waals surface area contributed by atoms with Gasteiger partial charge in [0.1, 0.15) is 0 Å². The van der Waals surface area contributed by atoms with Crippen molar-refractivity contribution in [1.29, 1.82) is 0 Å². The van der Waals surface area contributed by atoms with Gasteiger partial charge in [-0.1, -0.05) is 37.3 Å². The van der Waals surface area contributed by atoms with E-state index < -0.39 is 0 Å². The molecule has 106 valence electrons. The Hall–Kier alpha value is -0.860. The summed E-state index contributed by atoms with van der Waals surface area (Å²) in [5, 5.41) is 0. The standard InChI is InChI=1S/C17H28N2/c1-2-19(13-16-6-4-3-5-7-16)14-17-10-8-15(12-18)9-11-17/h3-7,15,17H,2,8-14,18H2,1H3. The lowest BCUT2D eigenvalue weighted by Crippen LogP contribution is -2.32. The van der Waals surface area contributed by atoms with Crippen LogP contribution < -0.4 is 5.73 Å². The van der Waals surface area contributed by atoms with Crippen molar-refractivity contribution in [3.63, 3.8) is 0 Å². The lowest BCUT2D eigenvalue weighted by molar-refractivity contribution is 0.182. The van der Waals surface area contributed by atoms with Crippen LogP contribution >= 0.6 is 0 Å². The number of benzene rings is 1. The van der Waals surface area contributed by atoms with E-state index in [0.29, 0.717) is 0 Å². The summed E-state index contributed by atoms with van der Waals surface area (Å²) >= 11 is 0. The molecule has 0 unspecified atom stereocenters. The molecular formula is C17H28N2. The summed E-state index contributed by atoms with van der Waals surface area (Å²) in [7, 11) is 0. The maximum Gasteiger partial charge on any atom is 0.0233 e. The predicted molar refractivity (Wildman–Crippen MR) is 81.9 cm³/mol.